The van der Waals surface area contributed by atoms with Gasteiger partial charge in [0.2, 0.25) is 5.78 Å². The highest BCUT2D eigenvalue weighted by Gasteiger charge is 2.65. The molecule has 2 amide bonds. The topological polar surface area (TPSA) is 94.3 Å². The summed E-state index contributed by atoms with van der Waals surface area (Å²) in [5, 5.41) is 10.9. The Hall–Kier alpha value is -3.39. The number of rotatable bonds is 6. The zero-order valence-electron chi connectivity index (χ0n) is 18.0. The summed E-state index contributed by atoms with van der Waals surface area (Å²) in [7, 11) is 5.43. The van der Waals surface area contributed by atoms with Gasteiger partial charge in [0.1, 0.15) is 5.76 Å². The molecule has 0 bridgehead atoms. The van der Waals surface area contributed by atoms with E-state index in [1.165, 1.54) is 15.9 Å². The van der Waals surface area contributed by atoms with Gasteiger partial charge >= 0.3 is 0 Å². The van der Waals surface area contributed by atoms with Gasteiger partial charge in [-0.1, -0.05) is 18.2 Å². The van der Waals surface area contributed by atoms with Crippen molar-refractivity contribution in [3.63, 3.8) is 0 Å². The minimum Gasteiger partial charge on any atom is -0.503 e. The zero-order chi connectivity index (χ0) is 22.5. The van der Waals surface area contributed by atoms with Crippen molar-refractivity contribution < 1.29 is 23.9 Å². The molecule has 1 N–H and O–H groups in total. The molecule has 0 saturated heterocycles. The van der Waals surface area contributed by atoms with Crippen molar-refractivity contribution in [2.45, 2.75) is 18.9 Å². The van der Waals surface area contributed by atoms with Crippen LogP contribution in [-0.4, -0.2) is 66.7 Å². The molecule has 0 saturated carbocycles. The van der Waals surface area contributed by atoms with E-state index >= 15 is 0 Å². The van der Waals surface area contributed by atoms with Gasteiger partial charge in [-0.25, -0.2) is 0 Å². The molecule has 8 nitrogen and oxygen atoms in total. The van der Waals surface area contributed by atoms with Crippen LogP contribution in [0.25, 0.3) is 0 Å². The van der Waals surface area contributed by atoms with Crippen LogP contribution in [0.3, 0.4) is 0 Å². The van der Waals surface area contributed by atoms with Crippen LogP contribution in [0.2, 0.25) is 0 Å². The van der Waals surface area contributed by atoms with Crippen molar-refractivity contribution in [2.24, 2.45) is 0 Å². The molecule has 3 heterocycles. The van der Waals surface area contributed by atoms with E-state index in [2.05, 4.69) is 0 Å². The van der Waals surface area contributed by atoms with Crippen molar-refractivity contribution in [3.05, 3.63) is 64.8 Å². The SMILES string of the molecule is Cc1ccc(C(=O)C2=C(O)C(=O)N(CCCN(C)C)[C@@]23C(=O)N(C)c2ccccc23)o1. The smallest absolute Gasteiger partial charge is 0.290 e. The summed E-state index contributed by atoms with van der Waals surface area (Å²) in [6.07, 6.45) is 0.564. The summed E-state index contributed by atoms with van der Waals surface area (Å²) < 4.78 is 5.49. The highest BCUT2D eigenvalue weighted by atomic mass is 16.3. The lowest BCUT2D eigenvalue weighted by molar-refractivity contribution is -0.139. The van der Waals surface area contributed by atoms with Crippen LogP contribution in [0.15, 0.2) is 52.1 Å². The predicted molar refractivity (Wildman–Crippen MR) is 114 cm³/mol. The van der Waals surface area contributed by atoms with Gasteiger partial charge < -0.3 is 24.2 Å². The minimum atomic E-state index is -1.73. The van der Waals surface area contributed by atoms with Crippen molar-refractivity contribution >= 4 is 23.3 Å². The Labute approximate surface area is 180 Å². The molecule has 8 heteroatoms. The maximum Gasteiger partial charge on any atom is 0.290 e. The second-order valence-corrected chi connectivity index (χ2v) is 8.17. The lowest BCUT2D eigenvalue weighted by Gasteiger charge is -2.35. The Morgan fingerprint density at radius 1 is 1.16 bits per heavy atom. The monoisotopic (exact) mass is 423 g/mol. The number of amides is 2. The Morgan fingerprint density at radius 3 is 2.52 bits per heavy atom. The number of aliphatic hydroxyl groups excluding tert-OH is 1. The fraction of sp³-hybridized carbons (Fsp3) is 0.348. The van der Waals surface area contributed by atoms with Crippen LogP contribution in [0, 0.1) is 6.92 Å². The van der Waals surface area contributed by atoms with E-state index in [0.29, 0.717) is 30.0 Å². The van der Waals surface area contributed by atoms with Crippen LogP contribution in [0.5, 0.6) is 0 Å². The number of para-hydroxylation sites is 1. The normalized spacial score (nSPS) is 20.5. The predicted octanol–water partition coefficient (Wildman–Crippen LogP) is 2.25. The number of carbonyl (C=O) groups is 3. The maximum atomic E-state index is 13.7. The Morgan fingerprint density at radius 2 is 1.87 bits per heavy atom. The number of aryl methyl sites for hydroxylation is 1. The molecule has 2 aliphatic rings. The van der Waals surface area contributed by atoms with Gasteiger partial charge in [0.15, 0.2) is 17.1 Å². The van der Waals surface area contributed by atoms with Gasteiger partial charge in [-0.15, -0.1) is 0 Å². The second kappa shape index (κ2) is 7.39. The van der Waals surface area contributed by atoms with Crippen molar-refractivity contribution in [1.82, 2.24) is 9.80 Å². The van der Waals surface area contributed by atoms with Gasteiger partial charge in [0.25, 0.3) is 11.8 Å². The summed E-state index contributed by atoms with van der Waals surface area (Å²) in [4.78, 5) is 45.2. The highest BCUT2D eigenvalue weighted by molar-refractivity contribution is 6.25. The molecule has 1 aromatic carbocycles. The number of ketones is 1. The largest absolute Gasteiger partial charge is 0.503 e. The minimum absolute atomic E-state index is 0.0267. The van der Waals surface area contributed by atoms with Crippen LogP contribution in [-0.2, 0) is 15.1 Å². The second-order valence-electron chi connectivity index (χ2n) is 8.17. The molecule has 1 atom stereocenters. The van der Waals surface area contributed by atoms with Crippen LogP contribution >= 0.6 is 0 Å². The molecule has 162 valence electrons. The quantitative estimate of drug-likeness (QED) is 0.717. The number of hydrogen-bond acceptors (Lipinski definition) is 6. The standard InChI is InChI=1S/C23H25N3O5/c1-14-10-11-17(31-14)19(27)18-20(28)21(29)26(13-7-12-24(2)3)23(18)15-8-5-6-9-16(15)25(4)22(23)30/h5-6,8-11,28H,7,12-13H2,1-4H3/t23-/m1/s1. The molecule has 0 aliphatic carbocycles. The Balaban J connectivity index is 1.92. The first-order chi connectivity index (χ1) is 14.7. The van der Waals surface area contributed by atoms with Gasteiger partial charge in [-0.3, -0.25) is 14.4 Å². The lowest BCUT2D eigenvalue weighted by atomic mass is 9.81. The number of likely N-dealkylation sites (N-methyl/N-ethyl adjacent to an activating group) is 1. The Bertz CT molecular complexity index is 1120. The summed E-state index contributed by atoms with van der Waals surface area (Å²) in [6, 6.07) is 10.1. The lowest BCUT2D eigenvalue weighted by Crippen LogP contribution is -2.54. The summed E-state index contributed by atoms with van der Waals surface area (Å²) in [5.41, 5.74) is -0.889. The number of Topliss-reactive ketones (excluding diaryl/α,β-unsaturated/α-hetero) is 1. The molecule has 4 rings (SSSR count). The summed E-state index contributed by atoms with van der Waals surface area (Å²) in [6.45, 7) is 2.56. The molecule has 0 unspecified atom stereocenters. The van der Waals surface area contributed by atoms with E-state index in [4.69, 9.17) is 4.42 Å². The number of nitrogens with zero attached hydrogens (tertiary/aromatic N) is 3. The number of hydrogen-bond donors (Lipinski definition) is 1. The molecule has 31 heavy (non-hydrogen) atoms. The molecule has 0 fully saturated rings. The van der Waals surface area contributed by atoms with Gasteiger partial charge in [-0.05, 0) is 52.2 Å². The van der Waals surface area contributed by atoms with E-state index in [-0.39, 0.29) is 17.9 Å². The molecular formula is C23H25N3O5. The number of fused-ring (bicyclic) bond motifs is 2. The molecule has 0 radical (unpaired) electrons. The molecule has 1 aromatic heterocycles. The first-order valence-electron chi connectivity index (χ1n) is 10.1. The fourth-order valence-corrected chi connectivity index (χ4v) is 4.50. The van der Waals surface area contributed by atoms with Crippen LogP contribution in [0.1, 0.15) is 28.3 Å². The number of benzene rings is 1. The average molecular weight is 423 g/mol. The zero-order valence-corrected chi connectivity index (χ0v) is 18.0. The third-order valence-corrected chi connectivity index (χ3v) is 5.90. The fourth-order valence-electron chi connectivity index (χ4n) is 4.50. The number of aliphatic hydroxyl groups is 1. The van der Waals surface area contributed by atoms with E-state index in [9.17, 15) is 19.5 Å². The highest BCUT2D eigenvalue weighted by Crippen LogP contribution is 2.53. The van der Waals surface area contributed by atoms with Crippen LogP contribution in [0.4, 0.5) is 5.69 Å². The average Bonchev–Trinajstić information content (AvgIpc) is 3.33. The summed E-state index contributed by atoms with van der Waals surface area (Å²) in [5.74, 6) is -2.08. The maximum absolute atomic E-state index is 13.7. The molecular weight excluding hydrogens is 398 g/mol. The van der Waals surface area contributed by atoms with Gasteiger partial charge in [0, 0.05) is 24.8 Å². The number of furan rings is 1. The Kier molecular flexibility index (Phi) is 4.97. The summed E-state index contributed by atoms with van der Waals surface area (Å²) >= 11 is 0. The van der Waals surface area contributed by atoms with E-state index in [0.717, 1.165) is 0 Å². The molecule has 2 aliphatic heterocycles. The van der Waals surface area contributed by atoms with Crippen molar-refractivity contribution in [2.75, 3.05) is 39.1 Å². The first kappa shape index (κ1) is 20.9. The third kappa shape index (κ3) is 2.90. The van der Waals surface area contributed by atoms with Crippen LogP contribution < -0.4 is 4.90 Å². The number of anilines is 1. The first-order valence-corrected chi connectivity index (χ1v) is 10.1. The van der Waals surface area contributed by atoms with E-state index in [1.54, 1.807) is 44.3 Å². The van der Waals surface area contributed by atoms with Gasteiger partial charge in [-0.2, -0.15) is 0 Å². The molecule has 1 spiro atoms. The van der Waals surface area contributed by atoms with Crippen molar-refractivity contribution in [1.29, 1.82) is 0 Å². The third-order valence-electron chi connectivity index (χ3n) is 5.90. The van der Waals surface area contributed by atoms with Crippen molar-refractivity contribution in [3.8, 4) is 0 Å². The van der Waals surface area contributed by atoms with E-state index < -0.39 is 28.9 Å². The van der Waals surface area contributed by atoms with E-state index in [1.807, 2.05) is 19.0 Å². The van der Waals surface area contributed by atoms with Gasteiger partial charge in [0.05, 0.1) is 5.57 Å². The number of carbonyl (C=O) groups excluding carboxylic acids is 3. The molecule has 2 aromatic rings.